The zero-order valence-electron chi connectivity index (χ0n) is 16.8. The molecule has 0 bridgehead atoms. The van der Waals surface area contributed by atoms with Crippen molar-refractivity contribution < 1.29 is 9.50 Å². The van der Waals surface area contributed by atoms with Gasteiger partial charge in [0.2, 0.25) is 0 Å². The van der Waals surface area contributed by atoms with Crippen LogP contribution in [0, 0.1) is 17.1 Å². The second-order valence-corrected chi connectivity index (χ2v) is 9.28. The molecule has 0 radical (unpaired) electrons. The molecule has 0 aliphatic heterocycles. The lowest BCUT2D eigenvalue weighted by molar-refractivity contribution is 0.0451. The van der Waals surface area contributed by atoms with Crippen molar-refractivity contribution in [2.24, 2.45) is 5.92 Å². The molecule has 2 aromatic rings. The molecule has 3 N–H and O–H groups in total. The summed E-state index contributed by atoms with van der Waals surface area (Å²) >= 11 is 3.86. The highest BCUT2D eigenvalue weighted by atomic mass is 79.9. The Labute approximate surface area is 180 Å². The van der Waals surface area contributed by atoms with Gasteiger partial charge in [-0.05, 0) is 114 Å². The summed E-state index contributed by atoms with van der Waals surface area (Å²) in [6.07, 6.45) is 8.20. The third-order valence-electron chi connectivity index (χ3n) is 7.08. The Bertz CT molecular complexity index is 914. The molecule has 3 atom stereocenters. The minimum atomic E-state index is -0.265. The lowest BCUT2D eigenvalue weighted by Gasteiger charge is -2.46. The number of benzene rings is 2. The van der Waals surface area contributed by atoms with Gasteiger partial charge in [0.05, 0.1) is 11.8 Å². The maximum atomic E-state index is 13.3. The van der Waals surface area contributed by atoms with Gasteiger partial charge in [-0.2, -0.15) is 0 Å². The summed E-state index contributed by atoms with van der Waals surface area (Å²) in [5.41, 5.74) is 5.24. The molecule has 0 amide bonds. The Balaban J connectivity index is 1.83. The maximum absolute atomic E-state index is 13.3. The summed E-state index contributed by atoms with van der Waals surface area (Å²) in [7, 11) is 0. The molecule has 3 nitrogen and oxygen atoms in total. The van der Waals surface area contributed by atoms with E-state index in [1.165, 1.54) is 29.5 Å². The number of rotatable bonds is 4. The Morgan fingerprint density at radius 2 is 2.07 bits per heavy atom. The van der Waals surface area contributed by atoms with E-state index in [9.17, 15) is 9.50 Å². The zero-order chi connectivity index (χ0) is 20.6. The van der Waals surface area contributed by atoms with Gasteiger partial charge in [0, 0.05) is 21.9 Å². The van der Waals surface area contributed by atoms with Crippen LogP contribution in [-0.4, -0.2) is 17.4 Å². The minimum Gasteiger partial charge on any atom is -0.393 e. The fourth-order valence-corrected chi connectivity index (χ4v) is 6.29. The van der Waals surface area contributed by atoms with Crippen LogP contribution >= 0.6 is 15.9 Å². The van der Waals surface area contributed by atoms with Gasteiger partial charge in [0.25, 0.3) is 0 Å². The highest BCUT2D eigenvalue weighted by Gasteiger charge is 2.45. The summed E-state index contributed by atoms with van der Waals surface area (Å²) < 4.78 is 14.3. The number of aliphatic hydroxyl groups excluding tert-OH is 1. The van der Waals surface area contributed by atoms with Crippen LogP contribution in [-0.2, 0) is 11.8 Å². The third-order valence-corrected chi connectivity index (χ3v) is 7.95. The van der Waals surface area contributed by atoms with Crippen molar-refractivity contribution in [3.05, 3.63) is 57.3 Å². The average molecular weight is 459 g/mol. The van der Waals surface area contributed by atoms with Crippen molar-refractivity contribution in [1.82, 2.24) is 0 Å². The van der Waals surface area contributed by atoms with Crippen molar-refractivity contribution in [3.8, 4) is 0 Å². The van der Waals surface area contributed by atoms with Crippen LogP contribution in [0.1, 0.15) is 62.1 Å². The maximum Gasteiger partial charge on any atom is 0.123 e. The SMILES string of the molecule is CCC12CCC(O)CC1CCCc1c2cc(C=N)c(Nc2ccc(F)cc2)c1Br. The van der Waals surface area contributed by atoms with Crippen LogP contribution in [0.3, 0.4) is 0 Å². The lowest BCUT2D eigenvalue weighted by Crippen LogP contribution is -2.41. The monoisotopic (exact) mass is 458 g/mol. The van der Waals surface area contributed by atoms with Gasteiger partial charge in [-0.25, -0.2) is 4.39 Å². The molecule has 0 heterocycles. The van der Waals surface area contributed by atoms with E-state index in [4.69, 9.17) is 5.41 Å². The Kier molecular flexibility index (Phi) is 5.80. The molecule has 2 aromatic carbocycles. The van der Waals surface area contributed by atoms with Crippen LogP contribution in [0.25, 0.3) is 0 Å². The van der Waals surface area contributed by atoms with E-state index in [1.807, 2.05) is 0 Å². The van der Waals surface area contributed by atoms with Gasteiger partial charge in [0.15, 0.2) is 0 Å². The van der Waals surface area contributed by atoms with Crippen molar-refractivity contribution >= 4 is 33.5 Å². The van der Waals surface area contributed by atoms with Gasteiger partial charge >= 0.3 is 0 Å². The van der Waals surface area contributed by atoms with E-state index in [0.29, 0.717) is 5.92 Å². The first-order chi connectivity index (χ1) is 14.0. The van der Waals surface area contributed by atoms with Gasteiger partial charge < -0.3 is 15.8 Å². The first kappa shape index (κ1) is 20.5. The number of anilines is 2. The molecule has 0 spiro atoms. The Morgan fingerprint density at radius 3 is 2.76 bits per heavy atom. The zero-order valence-corrected chi connectivity index (χ0v) is 18.4. The van der Waals surface area contributed by atoms with Gasteiger partial charge in [-0.1, -0.05) is 6.92 Å². The molecule has 0 aromatic heterocycles. The number of nitrogens with one attached hydrogen (secondary N) is 2. The Morgan fingerprint density at radius 1 is 1.31 bits per heavy atom. The molecule has 29 heavy (non-hydrogen) atoms. The van der Waals surface area contributed by atoms with Crippen molar-refractivity contribution in [3.63, 3.8) is 0 Å². The lowest BCUT2D eigenvalue weighted by atomic mass is 9.59. The number of hydrogen-bond donors (Lipinski definition) is 3. The molecule has 4 rings (SSSR count). The molecule has 1 fully saturated rings. The minimum absolute atomic E-state index is 0.0692. The summed E-state index contributed by atoms with van der Waals surface area (Å²) in [5.74, 6) is 0.220. The normalized spacial score (nSPS) is 26.2. The van der Waals surface area contributed by atoms with E-state index in [2.05, 4.69) is 34.2 Å². The van der Waals surface area contributed by atoms with Gasteiger partial charge in [0.1, 0.15) is 5.82 Å². The fraction of sp³-hybridized carbons (Fsp3) is 0.458. The Hall–Kier alpha value is -1.72. The summed E-state index contributed by atoms with van der Waals surface area (Å²) in [6.45, 7) is 2.27. The fourth-order valence-electron chi connectivity index (χ4n) is 5.55. The van der Waals surface area contributed by atoms with Crippen LogP contribution in [0.5, 0.6) is 0 Å². The second kappa shape index (κ2) is 8.19. The molecule has 3 unspecified atom stereocenters. The smallest absolute Gasteiger partial charge is 0.123 e. The van der Waals surface area contributed by atoms with Crippen LogP contribution in [0.15, 0.2) is 34.8 Å². The molecular formula is C24H28BrFN2O. The van der Waals surface area contributed by atoms with Crippen LogP contribution < -0.4 is 5.32 Å². The van der Waals surface area contributed by atoms with Crippen LogP contribution in [0.4, 0.5) is 15.8 Å². The topological polar surface area (TPSA) is 56.1 Å². The summed E-state index contributed by atoms with van der Waals surface area (Å²) in [6, 6.07) is 8.50. The van der Waals surface area contributed by atoms with Crippen molar-refractivity contribution in [2.75, 3.05) is 5.32 Å². The largest absolute Gasteiger partial charge is 0.393 e. The number of fused-ring (bicyclic) bond motifs is 3. The predicted molar refractivity (Wildman–Crippen MR) is 120 cm³/mol. The molecule has 0 saturated heterocycles. The highest BCUT2D eigenvalue weighted by molar-refractivity contribution is 9.10. The highest BCUT2D eigenvalue weighted by Crippen LogP contribution is 2.53. The third kappa shape index (κ3) is 3.64. The quantitative estimate of drug-likeness (QED) is 0.459. The number of hydrogen-bond acceptors (Lipinski definition) is 3. The predicted octanol–water partition coefficient (Wildman–Crippen LogP) is 6.47. The van der Waals surface area contributed by atoms with E-state index < -0.39 is 0 Å². The van der Waals surface area contributed by atoms with E-state index in [1.54, 1.807) is 12.1 Å². The molecule has 2 aliphatic carbocycles. The summed E-state index contributed by atoms with van der Waals surface area (Å²) in [4.78, 5) is 0. The van der Waals surface area contributed by atoms with Crippen molar-refractivity contribution in [1.29, 1.82) is 5.41 Å². The summed E-state index contributed by atoms with van der Waals surface area (Å²) in [5, 5.41) is 21.7. The first-order valence-electron chi connectivity index (χ1n) is 10.6. The van der Waals surface area contributed by atoms with Crippen LogP contribution in [0.2, 0.25) is 0 Å². The molecule has 2 aliphatic rings. The van der Waals surface area contributed by atoms with E-state index >= 15 is 0 Å². The number of halogens is 2. The molecule has 154 valence electrons. The standard InChI is InChI=1S/C24H28BrFN2O/c1-2-24-11-10-19(29)13-16(24)4-3-5-20-21(24)12-15(14-27)23(22(20)25)28-18-8-6-17(26)7-9-18/h6-9,12,14,16,19,27-29H,2-5,10-11,13H2,1H3. The second-order valence-electron chi connectivity index (χ2n) is 8.48. The van der Waals surface area contributed by atoms with E-state index in [0.717, 1.165) is 66.4 Å². The molecule has 1 saturated carbocycles. The van der Waals surface area contributed by atoms with E-state index in [-0.39, 0.29) is 17.3 Å². The molecule has 5 heteroatoms. The number of aliphatic hydroxyl groups is 1. The van der Waals surface area contributed by atoms with Gasteiger partial charge in [-0.3, -0.25) is 0 Å². The first-order valence-corrected chi connectivity index (χ1v) is 11.3. The van der Waals surface area contributed by atoms with Crippen molar-refractivity contribution in [2.45, 2.75) is 63.4 Å². The average Bonchev–Trinajstić information content (AvgIpc) is 2.88. The molecular weight excluding hydrogens is 431 g/mol. The van der Waals surface area contributed by atoms with Gasteiger partial charge in [-0.15, -0.1) is 0 Å².